The van der Waals surface area contributed by atoms with Gasteiger partial charge >= 0.3 is 11.9 Å². The van der Waals surface area contributed by atoms with Crippen LogP contribution in [-0.2, 0) is 19.1 Å². The average Bonchev–Trinajstić information content (AvgIpc) is 2.88. The highest BCUT2D eigenvalue weighted by Gasteiger charge is 2.33. The summed E-state index contributed by atoms with van der Waals surface area (Å²) in [6.07, 6.45) is 22.2. The summed E-state index contributed by atoms with van der Waals surface area (Å²) >= 11 is 0. The first kappa shape index (κ1) is 28.3. The number of carbonyl (C=O) groups excluding carboxylic acids is 2. The molecule has 0 radical (unpaired) electrons. The van der Waals surface area contributed by atoms with Gasteiger partial charge in [-0.05, 0) is 108 Å². The lowest BCUT2D eigenvalue weighted by atomic mass is 9.70. The first-order chi connectivity index (χ1) is 17.0. The Morgan fingerprint density at radius 1 is 0.743 bits per heavy atom. The fourth-order valence-corrected chi connectivity index (χ4v) is 6.89. The van der Waals surface area contributed by atoms with Crippen molar-refractivity contribution in [2.75, 3.05) is 6.61 Å². The molecule has 3 fully saturated rings. The molecule has 0 aliphatic heterocycles. The first-order valence-corrected chi connectivity index (χ1v) is 15.0. The van der Waals surface area contributed by atoms with E-state index in [0.717, 1.165) is 75.5 Å². The Kier molecular flexibility index (Phi) is 12.2. The zero-order chi connectivity index (χ0) is 25.0. The highest BCUT2D eigenvalue weighted by atomic mass is 16.5. The normalized spacial score (nSPS) is 31.5. The van der Waals surface area contributed by atoms with Crippen LogP contribution in [0.4, 0.5) is 0 Å². The SMILES string of the molecule is C=C(C)C(=O)OCCCCC1CCC(C(=O)OC2CCC(C3CCC(CCCC)CC3)CC2)CC1. The molecule has 0 bridgehead atoms. The van der Waals surface area contributed by atoms with Gasteiger partial charge in [-0.3, -0.25) is 4.79 Å². The smallest absolute Gasteiger partial charge is 0.333 e. The highest BCUT2D eigenvalue weighted by Crippen LogP contribution is 2.42. The second kappa shape index (κ2) is 15.1. The van der Waals surface area contributed by atoms with Crippen LogP contribution in [-0.4, -0.2) is 24.6 Å². The summed E-state index contributed by atoms with van der Waals surface area (Å²) < 4.78 is 11.2. The van der Waals surface area contributed by atoms with Gasteiger partial charge in [-0.25, -0.2) is 4.79 Å². The summed E-state index contributed by atoms with van der Waals surface area (Å²) in [5.74, 6) is 3.39. The molecule has 0 atom stereocenters. The summed E-state index contributed by atoms with van der Waals surface area (Å²) in [4.78, 5) is 24.2. The molecule has 0 amide bonds. The standard InChI is InChI=1S/C31H52O4/c1-4-5-8-24-10-14-26(15-11-24)27-18-20-29(21-19-27)35-31(33)28-16-12-25(13-17-28)9-6-7-22-34-30(32)23(2)3/h24-29H,2,4-22H2,1,3H3. The van der Waals surface area contributed by atoms with E-state index in [1.165, 1.54) is 57.8 Å². The summed E-state index contributed by atoms with van der Waals surface area (Å²) in [5, 5.41) is 0. The first-order valence-electron chi connectivity index (χ1n) is 15.0. The average molecular weight is 489 g/mol. The third kappa shape index (κ3) is 9.57. The van der Waals surface area contributed by atoms with E-state index in [9.17, 15) is 9.59 Å². The monoisotopic (exact) mass is 488 g/mol. The van der Waals surface area contributed by atoms with E-state index in [-0.39, 0.29) is 24.0 Å². The molecule has 0 aromatic carbocycles. The van der Waals surface area contributed by atoms with Crippen molar-refractivity contribution in [2.45, 2.75) is 136 Å². The van der Waals surface area contributed by atoms with Crippen LogP contribution in [0.3, 0.4) is 0 Å². The number of carbonyl (C=O) groups is 2. The summed E-state index contributed by atoms with van der Waals surface area (Å²) in [7, 11) is 0. The second-order valence-electron chi connectivity index (χ2n) is 12.0. The molecule has 3 saturated carbocycles. The van der Waals surface area contributed by atoms with Gasteiger partial charge < -0.3 is 9.47 Å². The van der Waals surface area contributed by atoms with Crippen LogP contribution in [0.1, 0.15) is 129 Å². The van der Waals surface area contributed by atoms with E-state index in [0.29, 0.717) is 18.1 Å². The Labute approximate surface area is 215 Å². The van der Waals surface area contributed by atoms with Crippen LogP contribution in [0.25, 0.3) is 0 Å². The van der Waals surface area contributed by atoms with Gasteiger partial charge in [0.15, 0.2) is 0 Å². The van der Waals surface area contributed by atoms with Gasteiger partial charge in [-0.2, -0.15) is 0 Å². The third-order valence-corrected chi connectivity index (χ3v) is 9.29. The third-order valence-electron chi connectivity index (χ3n) is 9.29. The molecule has 0 N–H and O–H groups in total. The van der Waals surface area contributed by atoms with Gasteiger partial charge in [-0.1, -0.05) is 52.0 Å². The lowest BCUT2D eigenvalue weighted by molar-refractivity contribution is -0.157. The largest absolute Gasteiger partial charge is 0.462 e. The molecule has 0 unspecified atom stereocenters. The van der Waals surface area contributed by atoms with Gasteiger partial charge in [-0.15, -0.1) is 0 Å². The van der Waals surface area contributed by atoms with Crippen LogP contribution in [0.2, 0.25) is 0 Å². The predicted molar refractivity (Wildman–Crippen MR) is 142 cm³/mol. The zero-order valence-electron chi connectivity index (χ0n) is 22.7. The zero-order valence-corrected chi connectivity index (χ0v) is 22.7. The van der Waals surface area contributed by atoms with Crippen LogP contribution < -0.4 is 0 Å². The van der Waals surface area contributed by atoms with Crippen molar-refractivity contribution < 1.29 is 19.1 Å². The molecule has 0 heterocycles. The van der Waals surface area contributed by atoms with Crippen LogP contribution in [0.15, 0.2) is 12.2 Å². The van der Waals surface area contributed by atoms with Crippen LogP contribution in [0.5, 0.6) is 0 Å². The van der Waals surface area contributed by atoms with Gasteiger partial charge in [0.05, 0.1) is 12.5 Å². The Morgan fingerprint density at radius 3 is 1.86 bits per heavy atom. The molecule has 200 valence electrons. The Morgan fingerprint density at radius 2 is 1.29 bits per heavy atom. The van der Waals surface area contributed by atoms with E-state index >= 15 is 0 Å². The molecule has 3 aliphatic rings. The maximum absolute atomic E-state index is 12.8. The minimum absolute atomic E-state index is 0.0787. The van der Waals surface area contributed by atoms with Gasteiger partial charge in [0.25, 0.3) is 0 Å². The minimum atomic E-state index is -0.289. The number of ether oxygens (including phenoxy) is 2. The number of esters is 2. The van der Waals surface area contributed by atoms with Gasteiger partial charge in [0, 0.05) is 5.57 Å². The van der Waals surface area contributed by atoms with Crippen molar-refractivity contribution in [1.82, 2.24) is 0 Å². The van der Waals surface area contributed by atoms with Crippen LogP contribution in [0, 0.1) is 29.6 Å². The van der Waals surface area contributed by atoms with Crippen LogP contribution >= 0.6 is 0 Å². The van der Waals surface area contributed by atoms with E-state index in [2.05, 4.69) is 13.5 Å². The summed E-state index contributed by atoms with van der Waals surface area (Å²) in [6.45, 7) is 8.07. The molecule has 0 saturated heterocycles. The van der Waals surface area contributed by atoms with Gasteiger partial charge in [0.2, 0.25) is 0 Å². The van der Waals surface area contributed by atoms with Crippen molar-refractivity contribution in [1.29, 1.82) is 0 Å². The maximum atomic E-state index is 12.8. The molecule has 35 heavy (non-hydrogen) atoms. The molecule has 3 aliphatic carbocycles. The fourth-order valence-electron chi connectivity index (χ4n) is 6.89. The topological polar surface area (TPSA) is 52.6 Å². The maximum Gasteiger partial charge on any atom is 0.333 e. The highest BCUT2D eigenvalue weighted by molar-refractivity contribution is 5.86. The summed E-state index contributed by atoms with van der Waals surface area (Å²) in [5.41, 5.74) is 0.461. The molecule has 3 rings (SSSR count). The van der Waals surface area contributed by atoms with E-state index in [1.54, 1.807) is 6.92 Å². The Balaban J connectivity index is 1.24. The molecule has 0 aromatic rings. The minimum Gasteiger partial charge on any atom is -0.462 e. The van der Waals surface area contributed by atoms with Gasteiger partial charge in [0.1, 0.15) is 6.10 Å². The van der Waals surface area contributed by atoms with E-state index in [1.807, 2.05) is 0 Å². The van der Waals surface area contributed by atoms with Crippen molar-refractivity contribution in [3.63, 3.8) is 0 Å². The molecular weight excluding hydrogens is 436 g/mol. The number of rotatable bonds is 12. The molecule has 4 heteroatoms. The number of hydrogen-bond donors (Lipinski definition) is 0. The lowest BCUT2D eigenvalue weighted by Gasteiger charge is -2.38. The van der Waals surface area contributed by atoms with E-state index in [4.69, 9.17) is 9.47 Å². The molecule has 0 spiro atoms. The quantitative estimate of drug-likeness (QED) is 0.158. The molecule has 4 nitrogen and oxygen atoms in total. The number of unbranched alkanes of at least 4 members (excludes halogenated alkanes) is 2. The van der Waals surface area contributed by atoms with E-state index < -0.39 is 0 Å². The predicted octanol–water partition coefficient (Wildman–Crippen LogP) is 8.18. The fraction of sp³-hybridized carbons (Fsp3) is 0.871. The van der Waals surface area contributed by atoms with Crippen molar-refractivity contribution in [2.24, 2.45) is 29.6 Å². The second-order valence-corrected chi connectivity index (χ2v) is 12.0. The van der Waals surface area contributed by atoms with Crippen molar-refractivity contribution >= 4 is 11.9 Å². The number of hydrogen-bond acceptors (Lipinski definition) is 4. The Hall–Kier alpha value is -1.32. The van der Waals surface area contributed by atoms with Crippen molar-refractivity contribution in [3.8, 4) is 0 Å². The lowest BCUT2D eigenvalue weighted by Crippen LogP contribution is -2.32. The molecule has 0 aromatic heterocycles. The van der Waals surface area contributed by atoms with Crippen molar-refractivity contribution in [3.05, 3.63) is 12.2 Å². The molecular formula is C31H52O4. The Bertz CT molecular complexity index is 647. The summed E-state index contributed by atoms with van der Waals surface area (Å²) in [6, 6.07) is 0.